The SMILES string of the molecule is COCCOc1cc(NC(=O)O)c(NC(=O)CC(=O)c2cccc(-n3ccnc3)c2)cc1C#Cc1ccccc1. The molecule has 0 aliphatic carbocycles. The molecule has 202 valence electrons. The fourth-order valence-electron chi connectivity index (χ4n) is 3.71. The molecule has 0 saturated carbocycles. The number of ether oxygens (including phenoxy) is 2. The van der Waals surface area contributed by atoms with Crippen LogP contribution in [0.25, 0.3) is 5.69 Å². The Morgan fingerprint density at radius 2 is 1.75 bits per heavy atom. The Balaban J connectivity index is 1.60. The normalized spacial score (nSPS) is 10.2. The van der Waals surface area contributed by atoms with Crippen LogP contribution in [0.4, 0.5) is 16.2 Å². The summed E-state index contributed by atoms with van der Waals surface area (Å²) in [6, 6.07) is 19.0. The molecule has 0 fully saturated rings. The van der Waals surface area contributed by atoms with Crippen molar-refractivity contribution in [2.45, 2.75) is 6.42 Å². The first-order valence-electron chi connectivity index (χ1n) is 12.2. The molecule has 0 aliphatic rings. The van der Waals surface area contributed by atoms with E-state index in [0.717, 1.165) is 11.3 Å². The Bertz CT molecular complexity index is 1560. The van der Waals surface area contributed by atoms with Crippen molar-refractivity contribution < 1.29 is 29.0 Å². The number of ketones is 1. The quantitative estimate of drug-likeness (QED) is 0.116. The molecule has 4 aromatic rings. The first-order valence-corrected chi connectivity index (χ1v) is 12.2. The van der Waals surface area contributed by atoms with Gasteiger partial charge < -0.3 is 24.5 Å². The van der Waals surface area contributed by atoms with Crippen LogP contribution in [0.15, 0.2) is 85.5 Å². The van der Waals surface area contributed by atoms with Crippen LogP contribution in [0.2, 0.25) is 0 Å². The molecule has 2 amide bonds. The number of nitrogens with zero attached hydrogens (tertiary/aromatic N) is 2. The van der Waals surface area contributed by atoms with Crippen molar-refractivity contribution in [2.75, 3.05) is 31.0 Å². The summed E-state index contributed by atoms with van der Waals surface area (Å²) < 4.78 is 12.6. The van der Waals surface area contributed by atoms with E-state index >= 15 is 0 Å². The predicted molar refractivity (Wildman–Crippen MR) is 149 cm³/mol. The molecule has 0 aliphatic heterocycles. The molecule has 1 aromatic heterocycles. The van der Waals surface area contributed by atoms with Gasteiger partial charge in [-0.05, 0) is 30.3 Å². The van der Waals surface area contributed by atoms with Crippen molar-refractivity contribution in [3.63, 3.8) is 0 Å². The molecule has 10 heteroatoms. The van der Waals surface area contributed by atoms with E-state index in [9.17, 15) is 19.5 Å². The van der Waals surface area contributed by atoms with E-state index in [2.05, 4.69) is 27.5 Å². The molecule has 40 heavy (non-hydrogen) atoms. The largest absolute Gasteiger partial charge is 0.490 e. The van der Waals surface area contributed by atoms with Gasteiger partial charge in [0.1, 0.15) is 12.4 Å². The van der Waals surface area contributed by atoms with Crippen LogP contribution in [0.5, 0.6) is 5.75 Å². The van der Waals surface area contributed by atoms with Gasteiger partial charge in [0, 0.05) is 42.4 Å². The van der Waals surface area contributed by atoms with Crippen molar-refractivity contribution >= 4 is 29.2 Å². The lowest BCUT2D eigenvalue weighted by atomic mass is 10.1. The number of hydrogen-bond donors (Lipinski definition) is 3. The molecule has 3 aromatic carbocycles. The monoisotopic (exact) mass is 538 g/mol. The number of methoxy groups -OCH3 is 1. The van der Waals surface area contributed by atoms with E-state index in [4.69, 9.17) is 9.47 Å². The second-order valence-corrected chi connectivity index (χ2v) is 8.45. The summed E-state index contributed by atoms with van der Waals surface area (Å²) in [6.07, 6.45) is 3.17. The number of Topliss-reactive ketones (excluding diaryl/α,β-unsaturated/α-hetero) is 1. The summed E-state index contributed by atoms with van der Waals surface area (Å²) in [7, 11) is 1.53. The van der Waals surface area contributed by atoms with Gasteiger partial charge in [0.15, 0.2) is 5.78 Å². The van der Waals surface area contributed by atoms with Gasteiger partial charge in [-0.1, -0.05) is 42.2 Å². The topological polar surface area (TPSA) is 132 Å². The Hall–Kier alpha value is -5.40. The highest BCUT2D eigenvalue weighted by Crippen LogP contribution is 2.32. The number of hydrogen-bond acceptors (Lipinski definition) is 6. The molecule has 4 rings (SSSR count). The van der Waals surface area contributed by atoms with Crippen LogP contribution in [-0.2, 0) is 9.53 Å². The number of carboxylic acid groups (broad SMARTS) is 1. The van der Waals surface area contributed by atoms with Gasteiger partial charge in [-0.3, -0.25) is 14.9 Å². The number of aromatic nitrogens is 2. The average molecular weight is 539 g/mol. The number of rotatable bonds is 10. The fraction of sp³-hybridized carbons (Fsp3) is 0.133. The molecular formula is C30H26N4O6. The van der Waals surface area contributed by atoms with E-state index in [0.29, 0.717) is 23.5 Å². The third-order valence-electron chi connectivity index (χ3n) is 5.59. The maximum Gasteiger partial charge on any atom is 0.409 e. The second-order valence-electron chi connectivity index (χ2n) is 8.45. The van der Waals surface area contributed by atoms with Crippen LogP contribution >= 0.6 is 0 Å². The highest BCUT2D eigenvalue weighted by atomic mass is 16.5. The van der Waals surface area contributed by atoms with Gasteiger partial charge in [0.05, 0.1) is 36.3 Å². The highest BCUT2D eigenvalue weighted by molar-refractivity contribution is 6.12. The van der Waals surface area contributed by atoms with Gasteiger partial charge in [-0.25, -0.2) is 9.78 Å². The molecule has 0 atom stereocenters. The molecule has 3 N–H and O–H groups in total. The first kappa shape index (κ1) is 27.6. The number of benzene rings is 3. The highest BCUT2D eigenvalue weighted by Gasteiger charge is 2.18. The van der Waals surface area contributed by atoms with Gasteiger partial charge in [0.2, 0.25) is 5.91 Å². The Morgan fingerprint density at radius 3 is 2.48 bits per heavy atom. The van der Waals surface area contributed by atoms with Crippen molar-refractivity contribution in [2.24, 2.45) is 0 Å². The number of amides is 2. The molecule has 0 spiro atoms. The van der Waals surface area contributed by atoms with Crippen molar-refractivity contribution in [3.05, 3.63) is 102 Å². The van der Waals surface area contributed by atoms with Crippen LogP contribution < -0.4 is 15.4 Å². The minimum Gasteiger partial charge on any atom is -0.490 e. The maximum absolute atomic E-state index is 12.9. The van der Waals surface area contributed by atoms with Crippen LogP contribution in [0.3, 0.4) is 0 Å². The first-order chi connectivity index (χ1) is 19.4. The van der Waals surface area contributed by atoms with E-state index in [1.165, 1.54) is 19.2 Å². The van der Waals surface area contributed by atoms with Crippen LogP contribution in [-0.4, -0.2) is 52.8 Å². The average Bonchev–Trinajstić information content (AvgIpc) is 3.49. The van der Waals surface area contributed by atoms with E-state index in [1.807, 2.05) is 36.4 Å². The number of imidazole rings is 1. The van der Waals surface area contributed by atoms with Gasteiger partial charge in [-0.15, -0.1) is 0 Å². The third kappa shape index (κ3) is 7.56. The molecule has 0 saturated heterocycles. The minimum absolute atomic E-state index is 0.0630. The Morgan fingerprint density at radius 1 is 0.950 bits per heavy atom. The maximum atomic E-state index is 12.9. The zero-order valence-corrected chi connectivity index (χ0v) is 21.6. The molecule has 0 bridgehead atoms. The van der Waals surface area contributed by atoms with Gasteiger partial charge in [0.25, 0.3) is 0 Å². The Kier molecular flexibility index (Phi) is 9.26. The zero-order valence-electron chi connectivity index (χ0n) is 21.6. The summed E-state index contributed by atoms with van der Waals surface area (Å²) >= 11 is 0. The van der Waals surface area contributed by atoms with Crippen LogP contribution in [0, 0.1) is 11.8 Å². The minimum atomic E-state index is -1.34. The lowest BCUT2D eigenvalue weighted by Gasteiger charge is -2.15. The number of carbonyl (C=O) groups is 3. The van der Waals surface area contributed by atoms with Gasteiger partial charge >= 0.3 is 6.09 Å². The van der Waals surface area contributed by atoms with E-state index in [-0.39, 0.29) is 18.0 Å². The van der Waals surface area contributed by atoms with Crippen molar-refractivity contribution in [3.8, 4) is 23.3 Å². The summed E-state index contributed by atoms with van der Waals surface area (Å²) in [5.74, 6) is 5.32. The molecule has 0 unspecified atom stereocenters. The number of nitrogens with one attached hydrogen (secondary N) is 2. The summed E-state index contributed by atoms with van der Waals surface area (Å²) in [5.41, 5.74) is 2.43. The summed E-state index contributed by atoms with van der Waals surface area (Å²) in [4.78, 5) is 41.3. The van der Waals surface area contributed by atoms with Crippen molar-refractivity contribution in [1.82, 2.24) is 9.55 Å². The zero-order chi connectivity index (χ0) is 28.3. The standard InChI is InChI=1S/C30H26N4O6/c1-39-14-15-40-28-18-26(33-30(37)38)25(17-23(28)11-10-21-6-3-2-4-7-21)32-29(36)19-27(35)22-8-5-9-24(16-22)34-13-12-31-20-34/h2-9,12-13,16-18,20,33H,14-15,19H2,1H3,(H,32,36)(H,37,38). The fourth-order valence-corrected chi connectivity index (χ4v) is 3.71. The van der Waals surface area contributed by atoms with E-state index < -0.39 is 24.2 Å². The van der Waals surface area contributed by atoms with E-state index in [1.54, 1.807) is 41.5 Å². The predicted octanol–water partition coefficient (Wildman–Crippen LogP) is 4.60. The smallest absolute Gasteiger partial charge is 0.409 e. The molecule has 10 nitrogen and oxygen atoms in total. The molecule has 0 radical (unpaired) electrons. The molecule has 1 heterocycles. The lowest BCUT2D eigenvalue weighted by molar-refractivity contribution is -0.115. The number of anilines is 2. The number of carbonyl (C=O) groups excluding carboxylic acids is 2. The third-order valence-corrected chi connectivity index (χ3v) is 5.59. The summed E-state index contributed by atoms with van der Waals surface area (Å²) in [6.45, 7) is 0.497. The van der Waals surface area contributed by atoms with Crippen molar-refractivity contribution in [1.29, 1.82) is 0 Å². The van der Waals surface area contributed by atoms with Gasteiger partial charge in [-0.2, -0.15) is 0 Å². The van der Waals surface area contributed by atoms with Crippen LogP contribution in [0.1, 0.15) is 27.9 Å². The Labute approximate surface area is 230 Å². The lowest BCUT2D eigenvalue weighted by Crippen LogP contribution is -2.19. The second kappa shape index (κ2) is 13.4. The summed E-state index contributed by atoms with van der Waals surface area (Å²) in [5, 5.41) is 14.3. The molecular weight excluding hydrogens is 512 g/mol.